The molecule has 0 saturated carbocycles. The standard InChI is InChI=1S/C51H44N4O/c1-5-35(36-17-9-6-10-18-36)26-25-33(2)50-53-49(38-21-13-8-14-22-38)54-51(55(50)4)41-29-27-40(31-34(41)3)47-46-42-23-15-16-24-45(42)56-48(46)43-32-39(28-30-44(43)52-47)37-19-11-7-12-20-37/h5-34,41,50H,1-4H3/b26-25-,35-5+. The van der Waals surface area contributed by atoms with Gasteiger partial charge in [0.15, 0.2) is 5.84 Å². The molecule has 3 heterocycles. The predicted octanol–water partition coefficient (Wildman–Crippen LogP) is 12.4. The molecule has 1 aliphatic heterocycles. The summed E-state index contributed by atoms with van der Waals surface area (Å²) in [7, 11) is 2.14. The van der Waals surface area contributed by atoms with Crippen LogP contribution in [0.1, 0.15) is 37.6 Å². The molecule has 0 saturated heterocycles. The number of pyridine rings is 1. The maximum Gasteiger partial charge on any atom is 0.158 e. The molecular formula is C51H44N4O. The second kappa shape index (κ2) is 14.9. The Bertz CT molecular complexity index is 2750. The SMILES string of the molecule is C/C=C(\C=C/C(C)C1N=C(c2ccccc2)N=C(C2C=CC(c3nc4ccc(-c5ccccc5)cc4c4oc5ccccc5c34)=CC2C)N1C)c1ccccc1. The minimum atomic E-state index is -0.131. The van der Waals surface area contributed by atoms with E-state index in [1.165, 1.54) is 16.7 Å². The summed E-state index contributed by atoms with van der Waals surface area (Å²) in [6.07, 6.45) is 13.5. The van der Waals surface area contributed by atoms with Crippen LogP contribution in [0, 0.1) is 17.8 Å². The van der Waals surface area contributed by atoms with Gasteiger partial charge >= 0.3 is 0 Å². The summed E-state index contributed by atoms with van der Waals surface area (Å²) < 4.78 is 6.66. The summed E-state index contributed by atoms with van der Waals surface area (Å²) in [4.78, 5) is 18.2. The van der Waals surface area contributed by atoms with Gasteiger partial charge in [-0.15, -0.1) is 0 Å². The Labute approximate surface area is 328 Å². The average Bonchev–Trinajstić information content (AvgIpc) is 3.65. The van der Waals surface area contributed by atoms with Crippen molar-refractivity contribution in [3.63, 3.8) is 0 Å². The lowest BCUT2D eigenvalue weighted by Gasteiger charge is -2.39. The highest BCUT2D eigenvalue weighted by Gasteiger charge is 2.34. The van der Waals surface area contributed by atoms with E-state index < -0.39 is 0 Å². The number of furan rings is 1. The van der Waals surface area contributed by atoms with Gasteiger partial charge in [0.2, 0.25) is 0 Å². The van der Waals surface area contributed by atoms with Crippen molar-refractivity contribution in [2.45, 2.75) is 26.9 Å². The number of allylic oxidation sites excluding steroid dienone is 6. The van der Waals surface area contributed by atoms with Crippen LogP contribution in [0.3, 0.4) is 0 Å². The van der Waals surface area contributed by atoms with E-state index in [0.717, 1.165) is 66.9 Å². The van der Waals surface area contributed by atoms with Crippen LogP contribution < -0.4 is 0 Å². The monoisotopic (exact) mass is 728 g/mol. The molecule has 5 nitrogen and oxygen atoms in total. The van der Waals surface area contributed by atoms with Crippen LogP contribution in [0.5, 0.6) is 0 Å². The molecule has 9 rings (SSSR count). The Morgan fingerprint density at radius 3 is 2.21 bits per heavy atom. The van der Waals surface area contributed by atoms with Gasteiger partial charge in [0, 0.05) is 35.2 Å². The van der Waals surface area contributed by atoms with Gasteiger partial charge in [0.05, 0.1) is 16.6 Å². The van der Waals surface area contributed by atoms with Crippen LogP contribution in [0.15, 0.2) is 184 Å². The number of amidine groups is 2. The van der Waals surface area contributed by atoms with Crippen LogP contribution in [0.2, 0.25) is 0 Å². The van der Waals surface area contributed by atoms with Crippen molar-refractivity contribution < 1.29 is 4.42 Å². The molecular weight excluding hydrogens is 685 g/mol. The van der Waals surface area contributed by atoms with Gasteiger partial charge in [0.25, 0.3) is 0 Å². The third-order valence-corrected chi connectivity index (χ3v) is 11.2. The normalized spacial score (nSPS) is 19.4. The molecule has 2 aromatic heterocycles. The zero-order valence-corrected chi connectivity index (χ0v) is 32.2. The first-order chi connectivity index (χ1) is 27.5. The van der Waals surface area contributed by atoms with E-state index in [1.54, 1.807) is 0 Å². The molecule has 5 heteroatoms. The van der Waals surface area contributed by atoms with Gasteiger partial charge in [0.1, 0.15) is 23.2 Å². The maximum atomic E-state index is 6.66. The summed E-state index contributed by atoms with van der Waals surface area (Å²) in [6, 6.07) is 46.1. The third kappa shape index (κ3) is 6.49. The number of fused-ring (bicyclic) bond motifs is 5. The fraction of sp³-hybridized carbons (Fsp3) is 0.157. The van der Waals surface area contributed by atoms with Crippen LogP contribution >= 0.6 is 0 Å². The van der Waals surface area contributed by atoms with Crippen molar-refractivity contribution >= 4 is 55.7 Å². The van der Waals surface area contributed by atoms with E-state index in [0.29, 0.717) is 0 Å². The largest absolute Gasteiger partial charge is 0.455 e. The fourth-order valence-corrected chi connectivity index (χ4v) is 8.20. The number of aliphatic imine (C=N–C) groups is 2. The molecule has 0 N–H and O–H groups in total. The van der Waals surface area contributed by atoms with Crippen molar-refractivity contribution in [1.29, 1.82) is 0 Å². The van der Waals surface area contributed by atoms with E-state index in [-0.39, 0.29) is 23.9 Å². The zero-order valence-electron chi connectivity index (χ0n) is 32.2. The molecule has 0 fully saturated rings. The van der Waals surface area contributed by atoms with Gasteiger partial charge in [-0.1, -0.05) is 166 Å². The van der Waals surface area contributed by atoms with Crippen molar-refractivity contribution in [3.8, 4) is 11.1 Å². The second-order valence-corrected chi connectivity index (χ2v) is 14.9. The number of benzene rings is 5. The third-order valence-electron chi connectivity index (χ3n) is 11.2. The Morgan fingerprint density at radius 2 is 1.48 bits per heavy atom. The molecule has 0 radical (unpaired) electrons. The number of nitrogens with zero attached hydrogens (tertiary/aromatic N) is 4. The van der Waals surface area contributed by atoms with E-state index >= 15 is 0 Å². The van der Waals surface area contributed by atoms with Crippen LogP contribution in [-0.4, -0.2) is 34.8 Å². The molecule has 274 valence electrons. The van der Waals surface area contributed by atoms with Crippen molar-refractivity contribution in [2.75, 3.05) is 7.05 Å². The molecule has 2 aliphatic rings. The lowest BCUT2D eigenvalue weighted by molar-refractivity contribution is 0.298. The lowest BCUT2D eigenvalue weighted by Crippen LogP contribution is -2.47. The van der Waals surface area contributed by atoms with E-state index in [9.17, 15) is 0 Å². The van der Waals surface area contributed by atoms with E-state index in [1.807, 2.05) is 24.3 Å². The second-order valence-electron chi connectivity index (χ2n) is 14.9. The number of para-hydroxylation sites is 1. The summed E-state index contributed by atoms with van der Waals surface area (Å²) in [5.41, 5.74) is 10.4. The smallest absolute Gasteiger partial charge is 0.158 e. The predicted molar refractivity (Wildman–Crippen MR) is 235 cm³/mol. The van der Waals surface area contributed by atoms with Gasteiger partial charge in [-0.25, -0.2) is 15.0 Å². The highest BCUT2D eigenvalue weighted by atomic mass is 16.3. The zero-order chi connectivity index (χ0) is 38.2. The average molecular weight is 729 g/mol. The molecule has 5 aromatic carbocycles. The maximum absolute atomic E-state index is 6.66. The van der Waals surface area contributed by atoms with Crippen molar-refractivity contribution in [2.24, 2.45) is 27.7 Å². The minimum Gasteiger partial charge on any atom is -0.455 e. The first-order valence-electron chi connectivity index (χ1n) is 19.5. The number of rotatable bonds is 8. The first kappa shape index (κ1) is 35.1. The van der Waals surface area contributed by atoms with Crippen molar-refractivity contribution in [3.05, 3.63) is 187 Å². The van der Waals surface area contributed by atoms with Crippen LogP contribution in [-0.2, 0) is 0 Å². The highest BCUT2D eigenvalue weighted by molar-refractivity contribution is 6.18. The number of hydrogen-bond donors (Lipinski definition) is 0. The van der Waals surface area contributed by atoms with Gasteiger partial charge in [-0.2, -0.15) is 0 Å². The van der Waals surface area contributed by atoms with E-state index in [4.69, 9.17) is 19.4 Å². The molecule has 56 heavy (non-hydrogen) atoms. The quantitative estimate of drug-likeness (QED) is 0.146. The summed E-state index contributed by atoms with van der Waals surface area (Å²) in [5.74, 6) is 2.07. The molecule has 4 unspecified atom stereocenters. The molecule has 0 bridgehead atoms. The molecule has 4 atom stereocenters. The summed E-state index contributed by atoms with van der Waals surface area (Å²) in [5, 5.41) is 3.12. The summed E-state index contributed by atoms with van der Waals surface area (Å²) >= 11 is 0. The number of aromatic nitrogens is 1. The first-order valence-corrected chi connectivity index (χ1v) is 19.5. The lowest BCUT2D eigenvalue weighted by atomic mass is 9.83. The number of hydrogen-bond acceptors (Lipinski definition) is 5. The Hall–Kier alpha value is -6.59. The Morgan fingerprint density at radius 1 is 0.786 bits per heavy atom. The summed E-state index contributed by atoms with van der Waals surface area (Å²) in [6.45, 7) is 6.62. The van der Waals surface area contributed by atoms with Crippen LogP contribution in [0.4, 0.5) is 0 Å². The van der Waals surface area contributed by atoms with Gasteiger partial charge in [-0.05, 0) is 58.9 Å². The highest BCUT2D eigenvalue weighted by Crippen LogP contribution is 2.41. The van der Waals surface area contributed by atoms with Crippen molar-refractivity contribution in [1.82, 2.24) is 9.88 Å². The van der Waals surface area contributed by atoms with Gasteiger partial charge in [-0.3, -0.25) is 0 Å². The molecule has 7 aromatic rings. The van der Waals surface area contributed by atoms with Crippen LogP contribution in [0.25, 0.3) is 55.1 Å². The van der Waals surface area contributed by atoms with E-state index in [2.05, 4.69) is 178 Å². The molecule has 0 spiro atoms. The topological polar surface area (TPSA) is 54.0 Å². The minimum absolute atomic E-state index is 0.0394. The molecule has 0 amide bonds. The van der Waals surface area contributed by atoms with Gasteiger partial charge < -0.3 is 9.32 Å². The molecule has 1 aliphatic carbocycles. The Kier molecular flexibility index (Phi) is 9.36. The Balaban J connectivity index is 1.08. The fourth-order valence-electron chi connectivity index (χ4n) is 8.20.